The molecule has 0 saturated heterocycles. The van der Waals surface area contributed by atoms with E-state index in [2.05, 4.69) is 29.8 Å². The van der Waals surface area contributed by atoms with Gasteiger partial charge in [-0.05, 0) is 31.5 Å². The normalized spacial score (nSPS) is 11.4. The van der Waals surface area contributed by atoms with Gasteiger partial charge in [0.1, 0.15) is 11.6 Å². The Hall–Kier alpha value is -1.55. The summed E-state index contributed by atoms with van der Waals surface area (Å²) in [5.74, 6) is 2.72. The number of methoxy groups -OCH3 is 1. The van der Waals surface area contributed by atoms with Crippen LogP contribution in [0.15, 0.2) is 18.2 Å². The minimum atomic E-state index is 0.697. The van der Waals surface area contributed by atoms with Crippen molar-refractivity contribution in [2.45, 2.75) is 33.2 Å². The Balaban J connectivity index is 2.37. The second-order valence-corrected chi connectivity index (χ2v) is 5.57. The summed E-state index contributed by atoms with van der Waals surface area (Å²) in [6.45, 7) is 6.49. The smallest absolute Gasteiger partial charge is 0.121 e. The predicted octanol–water partition coefficient (Wildman–Crippen LogP) is 2.85. The SMILES string of the molecule is CNCCc1nc2cc(OC)ccc2n1CCC(C)C. The molecule has 0 radical (unpaired) electrons. The van der Waals surface area contributed by atoms with E-state index in [1.165, 1.54) is 11.9 Å². The first kappa shape index (κ1) is 14.9. The first-order valence-electron chi connectivity index (χ1n) is 7.33. The van der Waals surface area contributed by atoms with E-state index < -0.39 is 0 Å². The quantitative estimate of drug-likeness (QED) is 0.844. The highest BCUT2D eigenvalue weighted by Crippen LogP contribution is 2.23. The fourth-order valence-electron chi connectivity index (χ4n) is 2.35. The second-order valence-electron chi connectivity index (χ2n) is 5.57. The van der Waals surface area contributed by atoms with Crippen LogP contribution in [0.2, 0.25) is 0 Å². The largest absolute Gasteiger partial charge is 0.497 e. The maximum atomic E-state index is 5.29. The van der Waals surface area contributed by atoms with E-state index in [0.717, 1.165) is 36.6 Å². The third-order valence-corrected chi connectivity index (χ3v) is 3.56. The van der Waals surface area contributed by atoms with Crippen LogP contribution >= 0.6 is 0 Å². The van der Waals surface area contributed by atoms with Crippen molar-refractivity contribution in [1.82, 2.24) is 14.9 Å². The standard InChI is InChI=1S/C16H25N3O/c1-12(2)8-10-19-15-6-5-13(20-4)11-14(15)18-16(19)7-9-17-3/h5-6,11-12,17H,7-10H2,1-4H3. The average Bonchev–Trinajstić information content (AvgIpc) is 2.79. The van der Waals surface area contributed by atoms with Gasteiger partial charge in [0.25, 0.3) is 0 Å². The Morgan fingerprint density at radius 1 is 1.35 bits per heavy atom. The van der Waals surface area contributed by atoms with Crippen molar-refractivity contribution >= 4 is 11.0 Å². The lowest BCUT2D eigenvalue weighted by molar-refractivity contribution is 0.415. The van der Waals surface area contributed by atoms with E-state index in [0.29, 0.717) is 5.92 Å². The molecule has 4 heteroatoms. The molecule has 0 atom stereocenters. The van der Waals surface area contributed by atoms with Gasteiger partial charge in [-0.1, -0.05) is 13.8 Å². The van der Waals surface area contributed by atoms with E-state index >= 15 is 0 Å². The predicted molar refractivity (Wildman–Crippen MR) is 83.4 cm³/mol. The molecule has 1 aromatic heterocycles. The number of aryl methyl sites for hydroxylation is 1. The molecule has 2 rings (SSSR count). The van der Waals surface area contributed by atoms with Gasteiger partial charge in [0.05, 0.1) is 18.1 Å². The van der Waals surface area contributed by atoms with Gasteiger partial charge in [0.2, 0.25) is 0 Å². The van der Waals surface area contributed by atoms with Crippen LogP contribution in [0.25, 0.3) is 11.0 Å². The summed E-state index contributed by atoms with van der Waals surface area (Å²) in [4.78, 5) is 4.78. The summed E-state index contributed by atoms with van der Waals surface area (Å²) in [6.07, 6.45) is 2.12. The Morgan fingerprint density at radius 2 is 2.15 bits per heavy atom. The molecule has 2 aromatic rings. The Kier molecular flexibility index (Phi) is 5.01. The highest BCUT2D eigenvalue weighted by Gasteiger charge is 2.11. The number of benzene rings is 1. The van der Waals surface area contributed by atoms with Crippen LogP contribution in [0, 0.1) is 5.92 Å². The summed E-state index contributed by atoms with van der Waals surface area (Å²) < 4.78 is 7.64. The van der Waals surface area contributed by atoms with Crippen molar-refractivity contribution < 1.29 is 4.74 Å². The van der Waals surface area contributed by atoms with E-state index in [1.807, 2.05) is 19.2 Å². The zero-order chi connectivity index (χ0) is 14.5. The number of aromatic nitrogens is 2. The van der Waals surface area contributed by atoms with Gasteiger partial charge in [-0.25, -0.2) is 4.98 Å². The Labute approximate surface area is 121 Å². The van der Waals surface area contributed by atoms with Gasteiger partial charge in [0, 0.05) is 25.6 Å². The topological polar surface area (TPSA) is 39.1 Å². The van der Waals surface area contributed by atoms with Gasteiger partial charge < -0.3 is 14.6 Å². The van der Waals surface area contributed by atoms with Crippen LogP contribution in [-0.4, -0.2) is 30.3 Å². The number of nitrogens with zero attached hydrogens (tertiary/aromatic N) is 2. The first-order chi connectivity index (χ1) is 9.65. The van der Waals surface area contributed by atoms with E-state index in [9.17, 15) is 0 Å². The van der Waals surface area contributed by atoms with Gasteiger partial charge >= 0.3 is 0 Å². The summed E-state index contributed by atoms with van der Waals surface area (Å²) in [6, 6.07) is 6.15. The molecule has 1 heterocycles. The first-order valence-corrected chi connectivity index (χ1v) is 7.33. The highest BCUT2D eigenvalue weighted by molar-refractivity contribution is 5.77. The third-order valence-electron chi connectivity index (χ3n) is 3.56. The summed E-state index contributed by atoms with van der Waals surface area (Å²) in [5.41, 5.74) is 2.23. The van der Waals surface area contributed by atoms with Crippen LogP contribution in [0.1, 0.15) is 26.1 Å². The zero-order valence-corrected chi connectivity index (χ0v) is 12.9. The molecule has 20 heavy (non-hydrogen) atoms. The molecule has 0 bridgehead atoms. The van der Waals surface area contributed by atoms with Crippen molar-refractivity contribution in [3.05, 3.63) is 24.0 Å². The van der Waals surface area contributed by atoms with Crippen LogP contribution in [0.4, 0.5) is 0 Å². The van der Waals surface area contributed by atoms with Crippen molar-refractivity contribution in [1.29, 1.82) is 0 Å². The minimum Gasteiger partial charge on any atom is -0.497 e. The van der Waals surface area contributed by atoms with Crippen LogP contribution in [0.3, 0.4) is 0 Å². The average molecular weight is 275 g/mol. The molecule has 0 aliphatic heterocycles. The second kappa shape index (κ2) is 6.75. The summed E-state index contributed by atoms with van der Waals surface area (Å²) in [5, 5.41) is 3.20. The number of rotatable bonds is 7. The van der Waals surface area contributed by atoms with E-state index in [-0.39, 0.29) is 0 Å². The molecule has 110 valence electrons. The van der Waals surface area contributed by atoms with Crippen LogP contribution in [0.5, 0.6) is 5.75 Å². The maximum Gasteiger partial charge on any atom is 0.121 e. The van der Waals surface area contributed by atoms with Crippen molar-refractivity contribution in [2.75, 3.05) is 20.7 Å². The monoisotopic (exact) mass is 275 g/mol. The molecule has 0 aliphatic carbocycles. The minimum absolute atomic E-state index is 0.697. The Bertz CT molecular complexity index is 560. The summed E-state index contributed by atoms with van der Waals surface area (Å²) in [7, 11) is 3.67. The number of ether oxygens (including phenoxy) is 1. The molecule has 0 unspecified atom stereocenters. The number of hydrogen-bond donors (Lipinski definition) is 1. The van der Waals surface area contributed by atoms with Crippen LogP contribution < -0.4 is 10.1 Å². The fourth-order valence-corrected chi connectivity index (χ4v) is 2.35. The molecule has 4 nitrogen and oxygen atoms in total. The number of likely N-dealkylation sites (N-methyl/N-ethyl adjacent to an activating group) is 1. The number of nitrogens with one attached hydrogen (secondary N) is 1. The number of hydrogen-bond acceptors (Lipinski definition) is 3. The van der Waals surface area contributed by atoms with E-state index in [4.69, 9.17) is 9.72 Å². The third kappa shape index (κ3) is 3.31. The molecule has 0 fully saturated rings. The molecule has 0 aliphatic rings. The molecule has 1 N–H and O–H groups in total. The number of fused-ring (bicyclic) bond motifs is 1. The number of imidazole rings is 1. The van der Waals surface area contributed by atoms with Crippen molar-refractivity contribution in [2.24, 2.45) is 5.92 Å². The molecular weight excluding hydrogens is 250 g/mol. The van der Waals surface area contributed by atoms with E-state index in [1.54, 1.807) is 7.11 Å². The van der Waals surface area contributed by atoms with Gasteiger partial charge in [0.15, 0.2) is 0 Å². The molecular formula is C16H25N3O. The van der Waals surface area contributed by atoms with Crippen molar-refractivity contribution in [3.8, 4) is 5.75 Å². The van der Waals surface area contributed by atoms with Gasteiger partial charge in [-0.2, -0.15) is 0 Å². The lowest BCUT2D eigenvalue weighted by Gasteiger charge is -2.11. The van der Waals surface area contributed by atoms with Gasteiger partial charge in [-0.3, -0.25) is 0 Å². The van der Waals surface area contributed by atoms with Crippen LogP contribution in [-0.2, 0) is 13.0 Å². The maximum absolute atomic E-state index is 5.29. The molecule has 0 spiro atoms. The molecule has 0 saturated carbocycles. The molecule has 0 amide bonds. The highest BCUT2D eigenvalue weighted by atomic mass is 16.5. The summed E-state index contributed by atoms with van der Waals surface area (Å²) >= 11 is 0. The fraction of sp³-hybridized carbons (Fsp3) is 0.562. The zero-order valence-electron chi connectivity index (χ0n) is 12.9. The Morgan fingerprint density at radius 3 is 2.80 bits per heavy atom. The van der Waals surface area contributed by atoms with Gasteiger partial charge in [-0.15, -0.1) is 0 Å². The lowest BCUT2D eigenvalue weighted by atomic mass is 10.1. The lowest BCUT2D eigenvalue weighted by Crippen LogP contribution is -2.14. The van der Waals surface area contributed by atoms with Crippen molar-refractivity contribution in [3.63, 3.8) is 0 Å². The molecule has 1 aromatic carbocycles.